The first kappa shape index (κ1) is 19.4. The van der Waals surface area contributed by atoms with E-state index in [1.807, 2.05) is 0 Å². The maximum atomic E-state index is 13.2. The number of hydrogen-bond acceptors (Lipinski definition) is 2. The number of carboxylic acids is 1. The molecule has 138 valence electrons. The van der Waals surface area contributed by atoms with Crippen molar-refractivity contribution in [3.05, 3.63) is 33.9 Å². The lowest BCUT2D eigenvalue weighted by atomic mass is 9.83. The summed E-state index contributed by atoms with van der Waals surface area (Å²) in [5.41, 5.74) is -4.16. The van der Waals surface area contributed by atoms with Gasteiger partial charge < -0.3 is 9.84 Å². The molecule has 0 spiro atoms. The van der Waals surface area contributed by atoms with E-state index in [1.54, 1.807) is 0 Å². The second-order valence-corrected chi connectivity index (χ2v) is 6.34. The minimum Gasteiger partial charge on any atom is -0.478 e. The van der Waals surface area contributed by atoms with Gasteiger partial charge in [0.15, 0.2) is 0 Å². The molecule has 1 aliphatic rings. The quantitative estimate of drug-likeness (QED) is 0.727. The largest absolute Gasteiger partial charge is 0.478 e. The highest BCUT2D eigenvalue weighted by Crippen LogP contribution is 2.47. The maximum Gasteiger partial charge on any atom is 0.430 e. The lowest BCUT2D eigenvalue weighted by molar-refractivity contribution is -0.187. The number of hydrogen-bond donors (Lipinski definition) is 1. The Morgan fingerprint density at radius 1 is 1.16 bits per heavy atom. The Morgan fingerprint density at radius 3 is 2.16 bits per heavy atom. The number of aliphatic carboxylic acids is 1. The molecule has 0 saturated carbocycles. The van der Waals surface area contributed by atoms with Gasteiger partial charge in [-0.15, -0.1) is 0 Å². The Morgan fingerprint density at radius 2 is 1.72 bits per heavy atom. The van der Waals surface area contributed by atoms with Crippen molar-refractivity contribution >= 4 is 23.6 Å². The Labute approximate surface area is 142 Å². The highest BCUT2D eigenvalue weighted by Gasteiger charge is 2.51. The summed E-state index contributed by atoms with van der Waals surface area (Å²) < 4.78 is 83.3. The summed E-state index contributed by atoms with van der Waals surface area (Å²) in [5, 5.41) is 8.56. The maximum absolute atomic E-state index is 13.2. The number of benzene rings is 1. The molecule has 25 heavy (non-hydrogen) atoms. The molecular formula is C15H11ClF6O3. The molecule has 0 radical (unpaired) electrons. The number of carbonyl (C=O) groups is 1. The van der Waals surface area contributed by atoms with Gasteiger partial charge in [0.2, 0.25) is 6.10 Å². The van der Waals surface area contributed by atoms with E-state index >= 15 is 0 Å². The molecule has 1 atom stereocenters. The van der Waals surface area contributed by atoms with Crippen LogP contribution in [0.25, 0.3) is 6.08 Å². The first-order valence-electron chi connectivity index (χ1n) is 6.75. The summed E-state index contributed by atoms with van der Waals surface area (Å²) in [7, 11) is 0. The van der Waals surface area contributed by atoms with Crippen molar-refractivity contribution in [3.63, 3.8) is 0 Å². The fourth-order valence-electron chi connectivity index (χ4n) is 2.27. The van der Waals surface area contributed by atoms with E-state index in [-0.39, 0.29) is 10.6 Å². The molecule has 0 aromatic heterocycles. The van der Waals surface area contributed by atoms with Gasteiger partial charge in [-0.3, -0.25) is 0 Å². The molecule has 0 saturated heterocycles. The Hall–Kier alpha value is -1.90. The predicted octanol–water partition coefficient (Wildman–Crippen LogP) is 4.97. The topological polar surface area (TPSA) is 46.5 Å². The van der Waals surface area contributed by atoms with Crippen LogP contribution in [0.2, 0.25) is 5.02 Å². The Bertz CT molecular complexity index is 749. The average molecular weight is 389 g/mol. The van der Waals surface area contributed by atoms with E-state index in [0.717, 1.165) is 26.0 Å². The third-order valence-corrected chi connectivity index (χ3v) is 4.18. The predicted molar refractivity (Wildman–Crippen MR) is 76.6 cm³/mol. The van der Waals surface area contributed by atoms with Crippen LogP contribution in [0, 0.1) is 0 Å². The van der Waals surface area contributed by atoms with Gasteiger partial charge in [0.1, 0.15) is 5.75 Å². The number of fused-ring (bicyclic) bond motifs is 1. The monoisotopic (exact) mass is 388 g/mol. The van der Waals surface area contributed by atoms with Gasteiger partial charge in [-0.2, -0.15) is 26.3 Å². The van der Waals surface area contributed by atoms with Crippen LogP contribution in [0.3, 0.4) is 0 Å². The van der Waals surface area contributed by atoms with Crippen molar-refractivity contribution in [2.75, 3.05) is 0 Å². The van der Waals surface area contributed by atoms with Gasteiger partial charge in [0.25, 0.3) is 0 Å². The summed E-state index contributed by atoms with van der Waals surface area (Å²) in [6, 6.07) is 1.72. The molecule has 1 aromatic rings. The molecule has 10 heteroatoms. The number of alkyl halides is 6. The third kappa shape index (κ3) is 3.42. The van der Waals surface area contributed by atoms with Gasteiger partial charge in [0.05, 0.1) is 11.0 Å². The zero-order valence-electron chi connectivity index (χ0n) is 12.7. The summed E-state index contributed by atoms with van der Waals surface area (Å²) in [4.78, 5) is 11.0. The summed E-state index contributed by atoms with van der Waals surface area (Å²) in [6.07, 6.45) is -11.9. The third-order valence-electron chi connectivity index (χ3n) is 3.86. The first-order chi connectivity index (χ1) is 11.2. The van der Waals surface area contributed by atoms with Crippen LogP contribution in [-0.2, 0) is 10.2 Å². The van der Waals surface area contributed by atoms with Crippen molar-refractivity contribution in [2.45, 2.75) is 37.7 Å². The SMILES string of the molecule is CC(C)(c1cc2c(cc1Cl)C=C(C(=O)O)C(C(F)(F)F)O2)C(F)(F)F. The van der Waals surface area contributed by atoms with E-state index < -0.39 is 46.7 Å². The molecule has 1 heterocycles. The summed E-state index contributed by atoms with van der Waals surface area (Å²) >= 11 is 5.85. The standard InChI is InChI=1S/C15H11ClF6O3/c1-13(2,15(20,21)22)8-5-10-6(4-9(8)16)3-7(12(23)24)11(25-10)14(17,18)19/h3-5,11H,1-2H3,(H,23,24). The molecule has 0 bridgehead atoms. The number of carboxylic acid groups (broad SMARTS) is 1. The summed E-state index contributed by atoms with van der Waals surface area (Å²) in [6.45, 7) is 1.65. The number of ether oxygens (including phenoxy) is 1. The van der Waals surface area contributed by atoms with E-state index in [9.17, 15) is 31.1 Å². The van der Waals surface area contributed by atoms with Crippen LogP contribution in [0.15, 0.2) is 17.7 Å². The van der Waals surface area contributed by atoms with Crippen molar-refractivity contribution in [3.8, 4) is 5.75 Å². The highest BCUT2D eigenvalue weighted by atomic mass is 35.5. The zero-order chi connectivity index (χ0) is 19.4. The molecule has 3 nitrogen and oxygen atoms in total. The summed E-state index contributed by atoms with van der Waals surface area (Å²) in [5.74, 6) is -2.38. The van der Waals surface area contributed by atoms with Crippen molar-refractivity contribution in [2.24, 2.45) is 0 Å². The smallest absolute Gasteiger partial charge is 0.430 e. The fraction of sp³-hybridized carbons (Fsp3) is 0.400. The number of rotatable bonds is 2. The van der Waals surface area contributed by atoms with Crippen molar-refractivity contribution in [1.29, 1.82) is 0 Å². The minimum absolute atomic E-state index is 0.148. The van der Waals surface area contributed by atoms with E-state index in [1.165, 1.54) is 0 Å². The second-order valence-electron chi connectivity index (χ2n) is 5.94. The zero-order valence-corrected chi connectivity index (χ0v) is 13.5. The molecule has 0 aliphatic carbocycles. The van der Waals surface area contributed by atoms with Crippen LogP contribution in [0.1, 0.15) is 25.0 Å². The highest BCUT2D eigenvalue weighted by molar-refractivity contribution is 6.31. The fourth-order valence-corrected chi connectivity index (χ4v) is 2.67. The van der Waals surface area contributed by atoms with Gasteiger partial charge in [-0.05, 0) is 37.6 Å². The molecule has 0 fully saturated rings. The van der Waals surface area contributed by atoms with Crippen LogP contribution in [0.5, 0.6) is 5.75 Å². The molecule has 2 rings (SSSR count). The lowest BCUT2D eigenvalue weighted by Crippen LogP contribution is -2.41. The van der Waals surface area contributed by atoms with Crippen molar-refractivity contribution < 1.29 is 41.0 Å². The normalized spacial score (nSPS) is 18.3. The second kappa shape index (κ2) is 5.82. The number of halogens is 7. The van der Waals surface area contributed by atoms with Crippen LogP contribution in [0.4, 0.5) is 26.3 Å². The minimum atomic E-state index is -5.05. The lowest BCUT2D eigenvalue weighted by Gasteiger charge is -2.32. The van der Waals surface area contributed by atoms with Crippen LogP contribution < -0.4 is 4.74 Å². The van der Waals surface area contributed by atoms with Gasteiger partial charge in [-0.25, -0.2) is 4.79 Å². The van der Waals surface area contributed by atoms with Gasteiger partial charge in [0, 0.05) is 10.6 Å². The molecule has 1 unspecified atom stereocenters. The molecule has 0 amide bonds. The molecule has 1 aliphatic heterocycles. The van der Waals surface area contributed by atoms with E-state index in [2.05, 4.69) is 4.74 Å². The Kier molecular flexibility index (Phi) is 4.53. The molecular weight excluding hydrogens is 378 g/mol. The molecule has 1 aromatic carbocycles. The first-order valence-corrected chi connectivity index (χ1v) is 7.13. The van der Waals surface area contributed by atoms with Crippen LogP contribution in [-0.4, -0.2) is 29.5 Å². The van der Waals surface area contributed by atoms with E-state index in [0.29, 0.717) is 6.08 Å². The van der Waals surface area contributed by atoms with E-state index in [4.69, 9.17) is 16.7 Å². The van der Waals surface area contributed by atoms with Gasteiger partial charge in [-0.1, -0.05) is 11.6 Å². The molecule has 1 N–H and O–H groups in total. The van der Waals surface area contributed by atoms with Crippen LogP contribution >= 0.6 is 11.6 Å². The Balaban J connectivity index is 2.64. The average Bonchev–Trinajstić information content (AvgIpc) is 2.42. The van der Waals surface area contributed by atoms with Gasteiger partial charge >= 0.3 is 18.3 Å². The van der Waals surface area contributed by atoms with Crippen molar-refractivity contribution in [1.82, 2.24) is 0 Å².